The van der Waals surface area contributed by atoms with Crippen LogP contribution in [-0.2, 0) is 32.7 Å². The van der Waals surface area contributed by atoms with Gasteiger partial charge in [-0.05, 0) is 13.3 Å². The van der Waals surface area contributed by atoms with Crippen LogP contribution in [0.1, 0.15) is 27.2 Å². The smallest absolute Gasteiger partial charge is 0 e. The summed E-state index contributed by atoms with van der Waals surface area (Å²) in [6, 6.07) is 0. The molecule has 0 aromatic rings. The first kappa shape index (κ1) is 16.5. The van der Waals surface area contributed by atoms with E-state index >= 15 is 0 Å². The molecule has 0 unspecified atom stereocenters. The molecule has 2 rings (SSSR count). The van der Waals surface area contributed by atoms with Crippen molar-refractivity contribution in [2.75, 3.05) is 0 Å². The van der Waals surface area contributed by atoms with Gasteiger partial charge in [0.15, 0.2) is 0 Å². The van der Waals surface area contributed by atoms with Gasteiger partial charge in [0.05, 0.1) is 0 Å². The summed E-state index contributed by atoms with van der Waals surface area (Å²) in [5.74, 6) is 0. The van der Waals surface area contributed by atoms with Gasteiger partial charge in [0.25, 0.3) is 0 Å². The normalized spacial score (nSPS) is 17.1. The summed E-state index contributed by atoms with van der Waals surface area (Å²) in [5, 5.41) is 0. The van der Waals surface area contributed by atoms with E-state index in [9.17, 15) is 0 Å². The maximum absolute atomic E-state index is 3.18. The van der Waals surface area contributed by atoms with Crippen LogP contribution < -0.4 is 0 Å². The van der Waals surface area contributed by atoms with Crippen molar-refractivity contribution in [3.05, 3.63) is 54.5 Å². The molecule has 0 aliphatic heterocycles. The van der Waals surface area contributed by atoms with Crippen LogP contribution in [0.5, 0.6) is 0 Å². The monoisotopic (exact) mass is 263 g/mol. The van der Waals surface area contributed by atoms with E-state index in [4.69, 9.17) is 0 Å². The Bertz CT molecular complexity index is 290. The topological polar surface area (TPSA) is 0 Å². The molecule has 0 nitrogen and oxygen atoms in total. The van der Waals surface area contributed by atoms with Crippen molar-refractivity contribution in [1.29, 1.82) is 0 Å². The third-order valence-corrected chi connectivity index (χ3v) is 2.15. The zero-order chi connectivity index (χ0) is 7.68. The van der Waals surface area contributed by atoms with Crippen LogP contribution in [0.25, 0.3) is 0 Å². The number of hydrogen-bond donors (Lipinski definition) is 0. The minimum atomic E-state index is 0. The minimum Gasteiger partial charge on any atom is -0.358 e. The van der Waals surface area contributed by atoms with Gasteiger partial charge >= 0.3 is 0 Å². The van der Waals surface area contributed by atoms with Crippen molar-refractivity contribution >= 4 is 0 Å². The van der Waals surface area contributed by atoms with Gasteiger partial charge < -0.3 is 7.43 Å². The molecule has 0 N–H and O–H groups in total. The van der Waals surface area contributed by atoms with Crippen molar-refractivity contribution in [3.8, 4) is 0 Å². The van der Waals surface area contributed by atoms with Crippen LogP contribution in [0.4, 0.5) is 0 Å². The van der Waals surface area contributed by atoms with Crippen LogP contribution in [0, 0.1) is 13.5 Å². The molecule has 0 heterocycles. The standard InChI is InChI=1S/C11H11.CH4.CH3.Y/c1-9-6-7-11(8-9)10-4-2-3-5-10;;;/h2,4,6-7H,5,8H2,1H3;1H4;1H3;/q-1;;-1;. The Balaban J connectivity index is 0. The van der Waals surface area contributed by atoms with Gasteiger partial charge in [-0.3, -0.25) is 6.08 Å². The average molecular weight is 263 g/mol. The number of hydrogen-bond acceptors (Lipinski definition) is 0. The fraction of sp³-hybridized carbons (Fsp3) is 0.308. The summed E-state index contributed by atoms with van der Waals surface area (Å²) >= 11 is 0. The van der Waals surface area contributed by atoms with Crippen LogP contribution >= 0.6 is 0 Å². The molecule has 2 aliphatic rings. The zero-order valence-corrected chi connectivity index (χ0v) is 11.1. The largest absolute Gasteiger partial charge is 0.358 e. The van der Waals surface area contributed by atoms with Crippen LogP contribution in [0.15, 0.2) is 41.0 Å². The van der Waals surface area contributed by atoms with Gasteiger partial charge in [-0.15, -0.1) is 12.0 Å². The maximum Gasteiger partial charge on any atom is 0 e. The number of allylic oxidation sites excluding steroid dienone is 8. The number of rotatable bonds is 1. The van der Waals surface area contributed by atoms with Crippen LogP contribution in [0.3, 0.4) is 0 Å². The van der Waals surface area contributed by atoms with Crippen molar-refractivity contribution in [2.45, 2.75) is 27.2 Å². The average Bonchev–Trinajstić information content (AvgIpc) is 2.55. The van der Waals surface area contributed by atoms with Crippen LogP contribution in [0.2, 0.25) is 0 Å². The summed E-state index contributed by atoms with van der Waals surface area (Å²) in [7, 11) is 0. The predicted molar refractivity (Wildman–Crippen MR) is 60.1 cm³/mol. The molecular weight excluding hydrogens is 245 g/mol. The molecule has 0 spiro atoms. The molecule has 1 heteroatoms. The molecular formula is C13H18Y-2. The van der Waals surface area contributed by atoms with E-state index in [0.29, 0.717) is 0 Å². The van der Waals surface area contributed by atoms with E-state index in [1.165, 1.54) is 16.7 Å². The van der Waals surface area contributed by atoms with Gasteiger partial charge in [-0.25, -0.2) is 12.2 Å². The maximum atomic E-state index is 3.18. The molecule has 14 heavy (non-hydrogen) atoms. The first-order valence-electron chi connectivity index (χ1n) is 3.99. The summed E-state index contributed by atoms with van der Waals surface area (Å²) in [4.78, 5) is 0. The second-order valence-electron chi connectivity index (χ2n) is 3.12. The van der Waals surface area contributed by atoms with Gasteiger partial charge in [-0.1, -0.05) is 30.7 Å². The second kappa shape index (κ2) is 7.37. The first-order chi connectivity index (χ1) is 5.36. The van der Waals surface area contributed by atoms with Crippen molar-refractivity contribution in [1.82, 2.24) is 0 Å². The molecule has 0 atom stereocenters. The van der Waals surface area contributed by atoms with Gasteiger partial charge in [0.1, 0.15) is 0 Å². The SMILES string of the molecule is C.CC1=CC=C(C2=CC=[C-]C2)C1.[CH3-].[Y]. The summed E-state index contributed by atoms with van der Waals surface area (Å²) in [5.41, 5.74) is 4.38. The molecule has 0 aromatic heterocycles. The van der Waals surface area contributed by atoms with E-state index in [1.54, 1.807) is 0 Å². The van der Waals surface area contributed by atoms with E-state index in [2.05, 4.69) is 31.2 Å². The van der Waals surface area contributed by atoms with Gasteiger partial charge in [-0.2, -0.15) is 0 Å². The first-order valence-corrected chi connectivity index (χ1v) is 3.99. The van der Waals surface area contributed by atoms with E-state index in [-0.39, 0.29) is 47.6 Å². The van der Waals surface area contributed by atoms with Crippen LogP contribution in [-0.4, -0.2) is 0 Å². The fourth-order valence-corrected chi connectivity index (χ4v) is 1.49. The van der Waals surface area contributed by atoms with E-state index in [0.717, 1.165) is 12.8 Å². The molecule has 0 bridgehead atoms. The Labute approximate surface area is 114 Å². The summed E-state index contributed by atoms with van der Waals surface area (Å²) in [6.45, 7) is 2.18. The Kier molecular flexibility index (Phi) is 8.68. The van der Waals surface area contributed by atoms with Gasteiger partial charge in [0.2, 0.25) is 0 Å². The Morgan fingerprint density at radius 3 is 2.29 bits per heavy atom. The third-order valence-electron chi connectivity index (χ3n) is 2.15. The second-order valence-corrected chi connectivity index (χ2v) is 3.12. The fourth-order valence-electron chi connectivity index (χ4n) is 1.49. The third kappa shape index (κ3) is 3.67. The Hall–Kier alpha value is 0.0639. The Morgan fingerprint density at radius 2 is 1.86 bits per heavy atom. The predicted octanol–water partition coefficient (Wildman–Crippen LogP) is 4.04. The zero-order valence-electron chi connectivity index (χ0n) is 8.30. The quantitative estimate of drug-likeness (QED) is 0.626. The molecule has 1 radical (unpaired) electrons. The molecule has 0 amide bonds. The van der Waals surface area contributed by atoms with Crippen molar-refractivity contribution < 1.29 is 32.7 Å². The molecule has 75 valence electrons. The molecule has 0 fully saturated rings. The summed E-state index contributed by atoms with van der Waals surface area (Å²) < 4.78 is 0. The Morgan fingerprint density at radius 1 is 1.14 bits per heavy atom. The minimum absolute atomic E-state index is 0. The van der Waals surface area contributed by atoms with Crippen molar-refractivity contribution in [3.63, 3.8) is 0 Å². The van der Waals surface area contributed by atoms with E-state index in [1.807, 2.05) is 6.08 Å². The molecule has 0 saturated heterocycles. The molecule has 2 aliphatic carbocycles. The van der Waals surface area contributed by atoms with Crippen molar-refractivity contribution in [2.24, 2.45) is 0 Å². The summed E-state index contributed by atoms with van der Waals surface area (Å²) in [6.07, 6.45) is 13.9. The van der Waals surface area contributed by atoms with E-state index < -0.39 is 0 Å². The molecule has 0 aromatic carbocycles. The molecule has 0 saturated carbocycles. The van der Waals surface area contributed by atoms with Gasteiger partial charge in [0, 0.05) is 32.7 Å².